The van der Waals surface area contributed by atoms with Crippen LogP contribution in [0.25, 0.3) is 0 Å². The van der Waals surface area contributed by atoms with Gasteiger partial charge in [0.05, 0.1) is 5.69 Å². The smallest absolute Gasteiger partial charge is 0.181 e. The van der Waals surface area contributed by atoms with Gasteiger partial charge in [0.1, 0.15) is 17.1 Å². The van der Waals surface area contributed by atoms with Gasteiger partial charge in [0.25, 0.3) is 0 Å². The summed E-state index contributed by atoms with van der Waals surface area (Å²) in [6.07, 6.45) is 3.60. The Hall–Kier alpha value is -1.65. The van der Waals surface area contributed by atoms with Crippen LogP contribution in [0.5, 0.6) is 0 Å². The number of oxazole rings is 1. The molecule has 2 aromatic heterocycles. The maximum atomic E-state index is 5.58. The summed E-state index contributed by atoms with van der Waals surface area (Å²) < 4.78 is 10.3. The fourth-order valence-electron chi connectivity index (χ4n) is 2.52. The molecule has 2 atom stereocenters. The lowest BCUT2D eigenvalue weighted by molar-refractivity contribution is 0.298. The zero-order valence-corrected chi connectivity index (χ0v) is 12.9. The van der Waals surface area contributed by atoms with Crippen molar-refractivity contribution in [2.24, 2.45) is 0 Å². The third kappa shape index (κ3) is 3.08. The van der Waals surface area contributed by atoms with Crippen molar-refractivity contribution in [3.63, 3.8) is 0 Å². The van der Waals surface area contributed by atoms with Crippen LogP contribution in [0.15, 0.2) is 15.4 Å². The fraction of sp³-hybridized carbons (Fsp3) is 0.667. The highest BCUT2D eigenvalue weighted by Gasteiger charge is 2.20. The van der Waals surface area contributed by atoms with Crippen LogP contribution >= 0.6 is 0 Å². The first-order valence-corrected chi connectivity index (χ1v) is 7.23. The lowest BCUT2D eigenvalue weighted by Gasteiger charge is -2.14. The molecule has 2 aromatic rings. The molecule has 0 fully saturated rings. The van der Waals surface area contributed by atoms with Crippen LogP contribution in [0.2, 0.25) is 0 Å². The molecule has 2 heterocycles. The maximum absolute atomic E-state index is 5.58. The lowest BCUT2D eigenvalue weighted by Crippen LogP contribution is -2.03. The summed E-state index contributed by atoms with van der Waals surface area (Å²) in [5.41, 5.74) is 2.91. The van der Waals surface area contributed by atoms with E-state index in [1.165, 1.54) is 0 Å². The van der Waals surface area contributed by atoms with E-state index in [-0.39, 0.29) is 0 Å². The Bertz CT molecular complexity index is 545. The van der Waals surface area contributed by atoms with Crippen LogP contribution in [-0.4, -0.2) is 15.3 Å². The highest BCUT2D eigenvalue weighted by atomic mass is 16.6. The lowest BCUT2D eigenvalue weighted by atomic mass is 9.92. The molecular weight excluding hydrogens is 254 g/mol. The standard InChI is InChI=1S/C15H23N3O2/c1-9(2)13-15(19-8-16-13)11(4)7-6-10(3)14-12(5)17-20-18-14/h8-11H,6-7H2,1-5H3. The number of nitrogens with zero attached hydrogens (tertiary/aromatic N) is 3. The van der Waals surface area contributed by atoms with E-state index in [1.807, 2.05) is 6.92 Å². The highest BCUT2D eigenvalue weighted by molar-refractivity contribution is 5.16. The number of hydrogen-bond donors (Lipinski definition) is 0. The van der Waals surface area contributed by atoms with Gasteiger partial charge in [-0.05, 0) is 25.7 Å². The van der Waals surface area contributed by atoms with E-state index in [0.717, 1.165) is 35.7 Å². The molecule has 0 spiro atoms. The first kappa shape index (κ1) is 14.8. The minimum atomic E-state index is 0.342. The minimum absolute atomic E-state index is 0.342. The molecule has 0 aliphatic heterocycles. The van der Waals surface area contributed by atoms with Crippen molar-refractivity contribution in [1.82, 2.24) is 15.3 Å². The molecule has 2 unspecified atom stereocenters. The summed E-state index contributed by atoms with van der Waals surface area (Å²) in [6.45, 7) is 10.6. The normalized spacial score (nSPS) is 14.7. The molecular formula is C15H23N3O2. The maximum Gasteiger partial charge on any atom is 0.181 e. The van der Waals surface area contributed by atoms with E-state index >= 15 is 0 Å². The van der Waals surface area contributed by atoms with Gasteiger partial charge < -0.3 is 4.42 Å². The van der Waals surface area contributed by atoms with Crippen molar-refractivity contribution in [1.29, 1.82) is 0 Å². The van der Waals surface area contributed by atoms with Gasteiger partial charge in [-0.25, -0.2) is 9.61 Å². The topological polar surface area (TPSA) is 65.0 Å². The number of rotatable bonds is 6. The van der Waals surface area contributed by atoms with E-state index in [9.17, 15) is 0 Å². The Kier molecular flexibility index (Phi) is 4.57. The molecule has 0 aromatic carbocycles. The Morgan fingerprint density at radius 3 is 2.30 bits per heavy atom. The molecule has 0 aliphatic carbocycles. The van der Waals surface area contributed by atoms with Crippen LogP contribution in [0.3, 0.4) is 0 Å². The van der Waals surface area contributed by atoms with E-state index in [0.29, 0.717) is 17.8 Å². The van der Waals surface area contributed by atoms with Gasteiger partial charge in [0.2, 0.25) is 0 Å². The van der Waals surface area contributed by atoms with Crippen molar-refractivity contribution >= 4 is 0 Å². The van der Waals surface area contributed by atoms with E-state index in [2.05, 4.69) is 43.0 Å². The molecule has 0 amide bonds. The Morgan fingerprint density at radius 1 is 1.00 bits per heavy atom. The molecule has 0 aliphatic rings. The summed E-state index contributed by atoms with van der Waals surface area (Å²) >= 11 is 0. The minimum Gasteiger partial charge on any atom is -0.448 e. The second-order valence-corrected chi connectivity index (χ2v) is 5.87. The average molecular weight is 277 g/mol. The Labute approximate surface area is 119 Å². The first-order valence-electron chi connectivity index (χ1n) is 7.23. The van der Waals surface area contributed by atoms with E-state index in [4.69, 9.17) is 9.05 Å². The van der Waals surface area contributed by atoms with Crippen molar-refractivity contribution in [2.45, 2.75) is 65.2 Å². The van der Waals surface area contributed by atoms with Gasteiger partial charge in [-0.2, -0.15) is 0 Å². The summed E-state index contributed by atoms with van der Waals surface area (Å²) in [5.74, 6) is 2.11. The monoisotopic (exact) mass is 277 g/mol. The van der Waals surface area contributed by atoms with Crippen molar-refractivity contribution in [3.8, 4) is 0 Å². The van der Waals surface area contributed by atoms with Crippen LogP contribution in [0.1, 0.15) is 81.1 Å². The molecule has 110 valence electrons. The molecule has 5 nitrogen and oxygen atoms in total. The predicted octanol–water partition coefficient (Wildman–Crippen LogP) is 4.18. The average Bonchev–Trinajstić information content (AvgIpc) is 3.03. The quantitative estimate of drug-likeness (QED) is 0.792. The molecule has 0 N–H and O–H groups in total. The molecule has 0 saturated carbocycles. The highest BCUT2D eigenvalue weighted by Crippen LogP contribution is 2.31. The third-order valence-electron chi connectivity index (χ3n) is 3.81. The van der Waals surface area contributed by atoms with Crippen molar-refractivity contribution in [3.05, 3.63) is 29.2 Å². The third-order valence-corrected chi connectivity index (χ3v) is 3.81. The van der Waals surface area contributed by atoms with Crippen molar-refractivity contribution < 1.29 is 9.05 Å². The Morgan fingerprint density at radius 2 is 1.70 bits per heavy atom. The fourth-order valence-corrected chi connectivity index (χ4v) is 2.52. The van der Waals surface area contributed by atoms with Crippen LogP contribution < -0.4 is 0 Å². The summed E-state index contributed by atoms with van der Waals surface area (Å²) in [6, 6.07) is 0. The zero-order valence-electron chi connectivity index (χ0n) is 12.9. The molecule has 0 bridgehead atoms. The van der Waals surface area contributed by atoms with Gasteiger partial charge >= 0.3 is 0 Å². The van der Waals surface area contributed by atoms with Crippen LogP contribution in [0.4, 0.5) is 0 Å². The summed E-state index contributed by atoms with van der Waals surface area (Å²) in [7, 11) is 0. The predicted molar refractivity (Wildman–Crippen MR) is 75.7 cm³/mol. The van der Waals surface area contributed by atoms with Gasteiger partial charge in [0, 0.05) is 11.8 Å². The zero-order chi connectivity index (χ0) is 14.7. The second-order valence-electron chi connectivity index (χ2n) is 5.87. The SMILES string of the molecule is Cc1nonc1C(C)CCC(C)c1ocnc1C(C)C. The van der Waals surface area contributed by atoms with Gasteiger partial charge in [-0.15, -0.1) is 0 Å². The largest absolute Gasteiger partial charge is 0.448 e. The number of hydrogen-bond acceptors (Lipinski definition) is 5. The summed E-state index contributed by atoms with van der Waals surface area (Å²) in [5, 5.41) is 7.82. The molecule has 2 rings (SSSR count). The molecule has 20 heavy (non-hydrogen) atoms. The molecule has 0 radical (unpaired) electrons. The summed E-state index contributed by atoms with van der Waals surface area (Å²) in [4.78, 5) is 4.32. The van der Waals surface area contributed by atoms with Crippen molar-refractivity contribution in [2.75, 3.05) is 0 Å². The number of aryl methyl sites for hydroxylation is 1. The Balaban J connectivity index is 1.97. The number of aromatic nitrogens is 3. The van der Waals surface area contributed by atoms with E-state index < -0.39 is 0 Å². The molecule has 0 saturated heterocycles. The molecule has 5 heteroatoms. The van der Waals surface area contributed by atoms with Gasteiger partial charge in [-0.1, -0.05) is 38.0 Å². The van der Waals surface area contributed by atoms with Crippen LogP contribution in [-0.2, 0) is 0 Å². The van der Waals surface area contributed by atoms with Crippen LogP contribution in [0, 0.1) is 6.92 Å². The van der Waals surface area contributed by atoms with Gasteiger partial charge in [-0.3, -0.25) is 0 Å². The van der Waals surface area contributed by atoms with Gasteiger partial charge in [0.15, 0.2) is 6.39 Å². The second kappa shape index (κ2) is 6.20. The first-order chi connectivity index (χ1) is 9.50. The van der Waals surface area contributed by atoms with E-state index in [1.54, 1.807) is 6.39 Å².